The van der Waals surface area contributed by atoms with Crippen molar-refractivity contribution >= 4 is 17.4 Å². The van der Waals surface area contributed by atoms with E-state index in [4.69, 9.17) is 0 Å². The molecule has 1 atom stereocenters. The second-order valence-corrected chi connectivity index (χ2v) is 10.1. The van der Waals surface area contributed by atoms with Crippen LogP contribution in [0.15, 0.2) is 18.3 Å². The first kappa shape index (κ1) is 18.3. The molecule has 2 amide bonds. The first-order valence-electron chi connectivity index (χ1n) is 11.0. The second-order valence-electron chi connectivity index (χ2n) is 9.05. The van der Waals surface area contributed by atoms with Gasteiger partial charge in [-0.3, -0.25) is 0 Å². The van der Waals surface area contributed by atoms with E-state index in [1.54, 1.807) is 4.88 Å². The minimum Gasteiger partial charge on any atom is -0.335 e. The molecule has 0 spiro atoms. The van der Waals surface area contributed by atoms with E-state index in [1.165, 1.54) is 60.3 Å². The van der Waals surface area contributed by atoms with Gasteiger partial charge in [0.25, 0.3) is 0 Å². The lowest BCUT2D eigenvalue weighted by Gasteiger charge is -2.34. The number of carbonyl (C=O) groups is 1. The van der Waals surface area contributed by atoms with Gasteiger partial charge in [-0.25, -0.2) is 4.79 Å². The first-order valence-corrected chi connectivity index (χ1v) is 11.8. The fourth-order valence-electron chi connectivity index (χ4n) is 5.45. The Balaban J connectivity index is 1.58. The third-order valence-electron chi connectivity index (χ3n) is 6.80. The number of rotatable bonds is 2. The lowest BCUT2D eigenvalue weighted by atomic mass is 9.94. The maximum atomic E-state index is 13.5. The Kier molecular flexibility index (Phi) is 4.74. The highest BCUT2D eigenvalue weighted by atomic mass is 32.1. The number of aromatic nitrogens is 1. The average Bonchev–Trinajstić information content (AvgIpc) is 3.40. The van der Waals surface area contributed by atoms with Crippen molar-refractivity contribution in [2.45, 2.75) is 83.8 Å². The van der Waals surface area contributed by atoms with Gasteiger partial charge in [-0.1, -0.05) is 26.7 Å². The van der Waals surface area contributed by atoms with Crippen LogP contribution in [-0.2, 0) is 19.4 Å². The van der Waals surface area contributed by atoms with Crippen LogP contribution in [0.4, 0.5) is 4.79 Å². The van der Waals surface area contributed by atoms with E-state index in [2.05, 4.69) is 47.0 Å². The minimum absolute atomic E-state index is 0.107. The Morgan fingerprint density at radius 1 is 1.14 bits per heavy atom. The summed E-state index contributed by atoms with van der Waals surface area (Å²) in [5, 5.41) is 4.72. The van der Waals surface area contributed by atoms with Crippen molar-refractivity contribution in [2.24, 2.45) is 5.92 Å². The molecule has 5 rings (SSSR count). The minimum atomic E-state index is 0.107. The molecule has 2 aromatic rings. The summed E-state index contributed by atoms with van der Waals surface area (Å²) in [5.41, 5.74) is 4.20. The standard InChI is InChI=1S/C23H31N3OS/c1-15(2)21-19-11-7-13-25(19)22-18(17-10-5-6-12-20(17)28-22)14-26(21)23(27)24-16-8-3-4-9-16/h7,11,13,15-16,21H,3-6,8-10,12,14H2,1-2H3,(H,24,27)/t21-/m0/s1. The number of urea groups is 1. The summed E-state index contributed by atoms with van der Waals surface area (Å²) in [6.45, 7) is 5.23. The molecule has 1 N–H and O–H groups in total. The molecule has 2 aliphatic carbocycles. The van der Waals surface area contributed by atoms with E-state index >= 15 is 0 Å². The molecule has 0 radical (unpaired) electrons. The lowest BCUT2D eigenvalue weighted by molar-refractivity contribution is 0.146. The van der Waals surface area contributed by atoms with Crippen molar-refractivity contribution in [3.8, 4) is 5.00 Å². The topological polar surface area (TPSA) is 37.3 Å². The quantitative estimate of drug-likeness (QED) is 0.705. The zero-order chi connectivity index (χ0) is 19.3. The maximum Gasteiger partial charge on any atom is 0.318 e. The fraction of sp³-hybridized carbons (Fsp3) is 0.609. The van der Waals surface area contributed by atoms with Gasteiger partial charge in [0.1, 0.15) is 5.00 Å². The van der Waals surface area contributed by atoms with Gasteiger partial charge in [0.15, 0.2) is 0 Å². The number of thiophene rings is 1. The number of hydrogen-bond acceptors (Lipinski definition) is 2. The van der Waals surface area contributed by atoms with Crippen LogP contribution in [0.3, 0.4) is 0 Å². The number of nitrogens with one attached hydrogen (secondary N) is 1. The second kappa shape index (κ2) is 7.25. The van der Waals surface area contributed by atoms with E-state index in [1.807, 2.05) is 11.3 Å². The highest BCUT2D eigenvalue weighted by Gasteiger charge is 2.37. The van der Waals surface area contributed by atoms with Crippen molar-refractivity contribution in [3.63, 3.8) is 0 Å². The molecule has 1 fully saturated rings. The van der Waals surface area contributed by atoms with Gasteiger partial charge >= 0.3 is 6.03 Å². The van der Waals surface area contributed by atoms with Crippen molar-refractivity contribution in [1.82, 2.24) is 14.8 Å². The van der Waals surface area contributed by atoms with E-state index in [-0.39, 0.29) is 12.1 Å². The molecule has 5 heteroatoms. The predicted molar refractivity (Wildman–Crippen MR) is 114 cm³/mol. The van der Waals surface area contributed by atoms with Gasteiger partial charge in [-0.2, -0.15) is 0 Å². The van der Waals surface area contributed by atoms with Crippen LogP contribution >= 0.6 is 11.3 Å². The number of nitrogens with zero attached hydrogens (tertiary/aromatic N) is 2. The van der Waals surface area contributed by atoms with Crippen molar-refractivity contribution in [3.05, 3.63) is 40.0 Å². The molecule has 0 unspecified atom stereocenters. The van der Waals surface area contributed by atoms with Crippen LogP contribution in [0.1, 0.15) is 80.1 Å². The summed E-state index contributed by atoms with van der Waals surface area (Å²) in [4.78, 5) is 17.2. The number of carbonyl (C=O) groups excluding carboxylic acids is 1. The number of hydrogen-bond donors (Lipinski definition) is 1. The molecular weight excluding hydrogens is 366 g/mol. The van der Waals surface area contributed by atoms with Gasteiger partial charge in [0.2, 0.25) is 0 Å². The molecule has 0 bridgehead atoms. The molecule has 3 heterocycles. The first-order chi connectivity index (χ1) is 13.6. The van der Waals surface area contributed by atoms with Gasteiger partial charge in [0, 0.05) is 28.4 Å². The molecule has 0 saturated heterocycles. The zero-order valence-electron chi connectivity index (χ0n) is 17.0. The molecule has 1 saturated carbocycles. The molecule has 0 aromatic carbocycles. The van der Waals surface area contributed by atoms with E-state index in [0.717, 1.165) is 19.4 Å². The Hall–Kier alpha value is -1.75. The van der Waals surface area contributed by atoms with E-state index in [0.29, 0.717) is 12.0 Å². The predicted octanol–water partition coefficient (Wildman–Crippen LogP) is 5.58. The van der Waals surface area contributed by atoms with Gasteiger partial charge in [-0.15, -0.1) is 11.3 Å². The van der Waals surface area contributed by atoms with Gasteiger partial charge in [0.05, 0.1) is 12.6 Å². The Bertz CT molecular complexity index is 875. The largest absolute Gasteiger partial charge is 0.335 e. The van der Waals surface area contributed by atoms with Gasteiger partial charge < -0.3 is 14.8 Å². The highest BCUT2D eigenvalue weighted by molar-refractivity contribution is 7.15. The summed E-state index contributed by atoms with van der Waals surface area (Å²) in [6, 6.07) is 4.95. The van der Waals surface area contributed by atoms with Crippen molar-refractivity contribution in [1.29, 1.82) is 0 Å². The Morgan fingerprint density at radius 2 is 1.93 bits per heavy atom. The summed E-state index contributed by atoms with van der Waals surface area (Å²) in [5.74, 6) is 0.368. The van der Waals surface area contributed by atoms with Crippen molar-refractivity contribution in [2.75, 3.05) is 0 Å². The van der Waals surface area contributed by atoms with Crippen LogP contribution in [0.25, 0.3) is 5.00 Å². The molecule has 3 aliphatic rings. The summed E-state index contributed by atoms with van der Waals surface area (Å²) in [6.07, 6.45) is 11.9. The van der Waals surface area contributed by atoms with Gasteiger partial charge in [-0.05, 0) is 62.1 Å². The summed E-state index contributed by atoms with van der Waals surface area (Å²) < 4.78 is 2.38. The van der Waals surface area contributed by atoms with Crippen LogP contribution in [-0.4, -0.2) is 21.5 Å². The van der Waals surface area contributed by atoms with Crippen molar-refractivity contribution < 1.29 is 4.79 Å². The van der Waals surface area contributed by atoms with E-state index in [9.17, 15) is 4.79 Å². The van der Waals surface area contributed by atoms with Crippen LogP contribution in [0.2, 0.25) is 0 Å². The van der Waals surface area contributed by atoms with Crippen LogP contribution in [0, 0.1) is 5.92 Å². The Labute approximate surface area is 171 Å². The summed E-state index contributed by atoms with van der Waals surface area (Å²) >= 11 is 1.96. The Morgan fingerprint density at radius 3 is 2.71 bits per heavy atom. The number of fused-ring (bicyclic) bond motifs is 5. The number of aryl methyl sites for hydroxylation is 1. The highest BCUT2D eigenvalue weighted by Crippen LogP contribution is 2.44. The smallest absolute Gasteiger partial charge is 0.318 e. The number of amides is 2. The zero-order valence-corrected chi connectivity index (χ0v) is 17.9. The van der Waals surface area contributed by atoms with Crippen LogP contribution < -0.4 is 5.32 Å². The lowest BCUT2D eigenvalue weighted by Crippen LogP contribution is -2.46. The monoisotopic (exact) mass is 397 g/mol. The molecular formula is C23H31N3OS. The molecule has 150 valence electrons. The molecule has 2 aromatic heterocycles. The average molecular weight is 398 g/mol. The fourth-order valence-corrected chi connectivity index (χ4v) is 6.85. The normalized spacial score (nSPS) is 22.0. The molecule has 28 heavy (non-hydrogen) atoms. The third-order valence-corrected chi connectivity index (χ3v) is 8.13. The molecule has 1 aliphatic heterocycles. The third kappa shape index (κ3) is 2.99. The SMILES string of the molecule is CC(C)[C@H]1c2cccn2-c2sc3c(c2CN1C(=O)NC1CCCC1)CCCC3. The molecule has 4 nitrogen and oxygen atoms in total. The van der Waals surface area contributed by atoms with Crippen LogP contribution in [0.5, 0.6) is 0 Å². The van der Waals surface area contributed by atoms with E-state index < -0.39 is 0 Å². The maximum absolute atomic E-state index is 13.5. The summed E-state index contributed by atoms with van der Waals surface area (Å²) in [7, 11) is 0.